The minimum Gasteiger partial charge on any atom is -0.451 e. The van der Waals surface area contributed by atoms with E-state index in [2.05, 4.69) is 12.2 Å². The second kappa shape index (κ2) is 5.73. The Kier molecular flexibility index (Phi) is 4.20. The number of thiocarbonyl (C=S) groups is 1. The molecule has 2 nitrogen and oxygen atoms in total. The summed E-state index contributed by atoms with van der Waals surface area (Å²) >= 11 is 10.5. The molecule has 0 radical (unpaired) electrons. The maximum absolute atomic E-state index is 13.9. The van der Waals surface area contributed by atoms with Crippen LogP contribution in [0.5, 0.6) is 11.5 Å². The summed E-state index contributed by atoms with van der Waals surface area (Å²) in [4.78, 5) is -0.0861. The van der Waals surface area contributed by atoms with Gasteiger partial charge in [0.25, 0.3) is 0 Å². The van der Waals surface area contributed by atoms with Gasteiger partial charge in [0, 0.05) is 10.6 Å². The minimum atomic E-state index is -0.873. The van der Waals surface area contributed by atoms with Gasteiger partial charge in [0.2, 0.25) is 0 Å². The van der Waals surface area contributed by atoms with Gasteiger partial charge in [-0.05, 0) is 42.8 Å². The van der Waals surface area contributed by atoms with Crippen molar-refractivity contribution in [1.82, 2.24) is 0 Å². The van der Waals surface area contributed by atoms with Gasteiger partial charge in [-0.1, -0.05) is 23.8 Å². The van der Waals surface area contributed by atoms with Crippen molar-refractivity contribution in [3.8, 4) is 11.5 Å². The fourth-order valence-corrected chi connectivity index (χ4v) is 1.98. The van der Waals surface area contributed by atoms with Gasteiger partial charge in [-0.3, -0.25) is 0 Å². The van der Waals surface area contributed by atoms with E-state index in [1.165, 1.54) is 6.07 Å². The Labute approximate surface area is 125 Å². The topological polar surface area (TPSA) is 35.2 Å². The number of hydrogen-bond acceptors (Lipinski definition) is 2. The fourth-order valence-electron chi connectivity index (χ4n) is 1.64. The summed E-state index contributed by atoms with van der Waals surface area (Å²) in [6.07, 6.45) is 0. The highest BCUT2D eigenvalue weighted by Gasteiger charge is 2.15. The van der Waals surface area contributed by atoms with Crippen molar-refractivity contribution in [1.29, 1.82) is 0 Å². The Morgan fingerprint density at radius 3 is 2.30 bits per heavy atom. The largest absolute Gasteiger partial charge is 0.451 e. The van der Waals surface area contributed by atoms with Crippen LogP contribution in [0.25, 0.3) is 0 Å². The third-order valence-corrected chi connectivity index (χ3v) is 3.10. The Bertz CT molecular complexity index is 668. The SMILES string of the molecule is Cc1cc(Cl)ccc1Oc1c(F)cc(C(N)=S)cc1F. The zero-order valence-electron chi connectivity index (χ0n) is 10.4. The molecule has 0 aromatic heterocycles. The van der Waals surface area contributed by atoms with E-state index < -0.39 is 17.4 Å². The summed E-state index contributed by atoms with van der Waals surface area (Å²) in [6.45, 7) is 1.72. The number of aryl methyl sites for hydroxylation is 1. The lowest BCUT2D eigenvalue weighted by Crippen LogP contribution is -2.10. The van der Waals surface area contributed by atoms with Gasteiger partial charge in [0.05, 0.1) is 0 Å². The Morgan fingerprint density at radius 2 is 1.80 bits per heavy atom. The lowest BCUT2D eigenvalue weighted by Gasteiger charge is -2.11. The first-order valence-corrected chi connectivity index (χ1v) is 6.40. The maximum atomic E-state index is 13.9. The van der Waals surface area contributed by atoms with E-state index in [4.69, 9.17) is 22.1 Å². The van der Waals surface area contributed by atoms with Crippen LogP contribution >= 0.6 is 23.8 Å². The number of benzene rings is 2. The van der Waals surface area contributed by atoms with E-state index in [9.17, 15) is 8.78 Å². The molecule has 0 aliphatic heterocycles. The van der Waals surface area contributed by atoms with Crippen LogP contribution in [-0.2, 0) is 0 Å². The van der Waals surface area contributed by atoms with E-state index >= 15 is 0 Å². The van der Waals surface area contributed by atoms with Gasteiger partial charge in [-0.25, -0.2) is 8.78 Å². The molecule has 20 heavy (non-hydrogen) atoms. The van der Waals surface area contributed by atoms with Gasteiger partial charge in [-0.15, -0.1) is 0 Å². The Morgan fingerprint density at radius 1 is 1.20 bits per heavy atom. The highest BCUT2D eigenvalue weighted by Crippen LogP contribution is 2.31. The summed E-state index contributed by atoms with van der Waals surface area (Å²) in [7, 11) is 0. The zero-order valence-corrected chi connectivity index (χ0v) is 12.0. The van der Waals surface area contributed by atoms with Crippen LogP contribution in [0.15, 0.2) is 30.3 Å². The van der Waals surface area contributed by atoms with Crippen LogP contribution in [0, 0.1) is 18.6 Å². The molecule has 0 spiro atoms. The first kappa shape index (κ1) is 14.7. The van der Waals surface area contributed by atoms with E-state index in [1.54, 1.807) is 19.1 Å². The van der Waals surface area contributed by atoms with E-state index in [0.29, 0.717) is 16.3 Å². The monoisotopic (exact) mass is 313 g/mol. The highest BCUT2D eigenvalue weighted by molar-refractivity contribution is 7.80. The molecule has 0 saturated carbocycles. The number of rotatable bonds is 3. The van der Waals surface area contributed by atoms with Crippen LogP contribution in [0.2, 0.25) is 5.02 Å². The number of nitrogens with two attached hydrogens (primary N) is 1. The quantitative estimate of drug-likeness (QED) is 0.855. The molecule has 104 valence electrons. The molecule has 0 unspecified atom stereocenters. The standard InChI is InChI=1S/C14H10ClF2NOS/c1-7-4-9(15)2-3-12(7)19-13-10(16)5-8(14(18)20)6-11(13)17/h2-6H,1H3,(H2,18,20). The molecule has 0 atom stereocenters. The average Bonchev–Trinajstić information content (AvgIpc) is 2.35. The Balaban J connectivity index is 2.41. The maximum Gasteiger partial charge on any atom is 0.198 e. The predicted octanol–water partition coefficient (Wildman–Crippen LogP) is 4.35. The van der Waals surface area contributed by atoms with Crippen LogP contribution < -0.4 is 10.5 Å². The molecule has 0 bridgehead atoms. The molecule has 0 aliphatic carbocycles. The van der Waals surface area contributed by atoms with E-state index in [0.717, 1.165) is 12.1 Å². The molecule has 2 N–H and O–H groups in total. The van der Waals surface area contributed by atoms with Gasteiger partial charge in [0.15, 0.2) is 17.4 Å². The molecule has 6 heteroatoms. The molecule has 2 rings (SSSR count). The van der Waals surface area contributed by atoms with Crippen molar-refractivity contribution < 1.29 is 13.5 Å². The summed E-state index contributed by atoms with van der Waals surface area (Å²) in [5, 5.41) is 0.514. The summed E-state index contributed by atoms with van der Waals surface area (Å²) in [5.41, 5.74) is 6.11. The highest BCUT2D eigenvalue weighted by atomic mass is 35.5. The van der Waals surface area contributed by atoms with Gasteiger partial charge in [0.1, 0.15) is 10.7 Å². The molecule has 2 aromatic carbocycles. The molecule has 0 fully saturated rings. The third-order valence-electron chi connectivity index (χ3n) is 2.63. The normalized spacial score (nSPS) is 10.4. The second-order valence-electron chi connectivity index (χ2n) is 4.15. The summed E-state index contributed by atoms with van der Waals surface area (Å²) < 4.78 is 33.0. The van der Waals surface area contributed by atoms with Crippen molar-refractivity contribution in [2.45, 2.75) is 6.92 Å². The first-order chi connectivity index (χ1) is 9.38. The van der Waals surface area contributed by atoms with Crippen molar-refractivity contribution in [3.63, 3.8) is 0 Å². The van der Waals surface area contributed by atoms with Crippen LogP contribution in [0.3, 0.4) is 0 Å². The average molecular weight is 314 g/mol. The van der Waals surface area contributed by atoms with Gasteiger partial charge < -0.3 is 10.5 Å². The molecule has 0 heterocycles. The van der Waals surface area contributed by atoms with E-state index in [1.807, 2.05) is 0 Å². The summed E-state index contributed by atoms with van der Waals surface area (Å²) in [6, 6.07) is 6.81. The number of hydrogen-bond donors (Lipinski definition) is 1. The van der Waals surface area contributed by atoms with Gasteiger partial charge >= 0.3 is 0 Å². The van der Waals surface area contributed by atoms with Crippen molar-refractivity contribution in [2.75, 3.05) is 0 Å². The van der Waals surface area contributed by atoms with Crippen LogP contribution in [0.1, 0.15) is 11.1 Å². The molecular weight excluding hydrogens is 304 g/mol. The van der Waals surface area contributed by atoms with Crippen LogP contribution in [0.4, 0.5) is 8.78 Å². The van der Waals surface area contributed by atoms with Crippen molar-refractivity contribution >= 4 is 28.8 Å². The first-order valence-electron chi connectivity index (χ1n) is 5.61. The van der Waals surface area contributed by atoms with Crippen molar-refractivity contribution in [3.05, 3.63) is 58.1 Å². The second-order valence-corrected chi connectivity index (χ2v) is 5.02. The molecule has 2 aromatic rings. The predicted molar refractivity (Wildman–Crippen MR) is 78.5 cm³/mol. The summed E-state index contributed by atoms with van der Waals surface area (Å²) in [5.74, 6) is -1.94. The number of halogens is 3. The Hall–Kier alpha value is -1.72. The molecule has 0 amide bonds. The number of ether oxygens (including phenoxy) is 1. The molecule has 0 saturated heterocycles. The van der Waals surface area contributed by atoms with Crippen molar-refractivity contribution in [2.24, 2.45) is 5.73 Å². The fraction of sp³-hybridized carbons (Fsp3) is 0.0714. The smallest absolute Gasteiger partial charge is 0.198 e. The molecular formula is C14H10ClF2NOS. The zero-order chi connectivity index (χ0) is 14.9. The van der Waals surface area contributed by atoms with E-state index in [-0.39, 0.29) is 10.6 Å². The third kappa shape index (κ3) is 3.05. The minimum absolute atomic E-state index is 0.0861. The van der Waals surface area contributed by atoms with Gasteiger partial charge in [-0.2, -0.15) is 0 Å². The lowest BCUT2D eigenvalue weighted by atomic mass is 10.2. The lowest BCUT2D eigenvalue weighted by molar-refractivity contribution is 0.405. The van der Waals surface area contributed by atoms with Crippen LogP contribution in [-0.4, -0.2) is 4.99 Å². The molecule has 0 aliphatic rings.